The molecule has 2 rings (SSSR count). The highest BCUT2D eigenvalue weighted by atomic mass is 32.1. The Bertz CT molecular complexity index is 501. The van der Waals surface area contributed by atoms with E-state index in [2.05, 4.69) is 0 Å². The van der Waals surface area contributed by atoms with Gasteiger partial charge in [0.25, 0.3) is 5.56 Å². The van der Waals surface area contributed by atoms with Crippen molar-refractivity contribution in [3.05, 3.63) is 34.6 Å². The minimum Gasteiger partial charge on any atom is -0.330 e. The van der Waals surface area contributed by atoms with E-state index in [0.717, 1.165) is 29.5 Å². The van der Waals surface area contributed by atoms with Crippen molar-refractivity contribution in [2.45, 2.75) is 19.4 Å². The predicted molar refractivity (Wildman–Crippen MR) is 64.4 cm³/mol. The lowest BCUT2D eigenvalue weighted by Crippen LogP contribution is -2.13. The van der Waals surface area contributed by atoms with Crippen LogP contribution in [-0.4, -0.2) is 10.5 Å². The molecule has 0 amide bonds. The zero-order valence-corrected chi connectivity index (χ0v) is 9.30. The summed E-state index contributed by atoms with van der Waals surface area (Å²) in [6, 6.07) is 7.73. The van der Waals surface area contributed by atoms with Gasteiger partial charge in [0.2, 0.25) is 0 Å². The van der Waals surface area contributed by atoms with Crippen LogP contribution in [0.2, 0.25) is 0 Å². The number of aryl methyl sites for hydroxylation is 1. The maximum absolute atomic E-state index is 11.9. The topological polar surface area (TPSA) is 48.0 Å². The van der Waals surface area contributed by atoms with Crippen LogP contribution in [0.1, 0.15) is 12.8 Å². The lowest BCUT2D eigenvalue weighted by atomic mass is 10.3. The molecule has 80 valence electrons. The first-order chi connectivity index (χ1) is 7.33. The molecule has 2 N–H and O–H groups in total. The van der Waals surface area contributed by atoms with Crippen LogP contribution < -0.4 is 11.3 Å². The van der Waals surface area contributed by atoms with E-state index in [0.29, 0.717) is 6.54 Å². The van der Waals surface area contributed by atoms with E-state index in [-0.39, 0.29) is 5.56 Å². The quantitative estimate of drug-likeness (QED) is 0.802. The third-order valence-electron chi connectivity index (χ3n) is 2.37. The Morgan fingerprint density at radius 2 is 2.07 bits per heavy atom. The van der Waals surface area contributed by atoms with Crippen LogP contribution in [-0.2, 0) is 6.54 Å². The number of rotatable bonds is 4. The molecule has 4 heteroatoms. The number of unbranched alkanes of at least 4 members (excludes halogenated alkanes) is 1. The van der Waals surface area contributed by atoms with Crippen LogP contribution in [0.25, 0.3) is 10.1 Å². The Balaban J connectivity index is 2.28. The number of nitrogens with two attached hydrogens (primary N) is 1. The van der Waals surface area contributed by atoms with Crippen molar-refractivity contribution in [2.24, 2.45) is 5.73 Å². The summed E-state index contributed by atoms with van der Waals surface area (Å²) < 4.78 is 2.88. The van der Waals surface area contributed by atoms with Crippen molar-refractivity contribution in [3.8, 4) is 0 Å². The largest absolute Gasteiger partial charge is 0.330 e. The van der Waals surface area contributed by atoms with E-state index < -0.39 is 0 Å². The van der Waals surface area contributed by atoms with Gasteiger partial charge in [0.15, 0.2) is 0 Å². The Morgan fingerprint density at radius 3 is 2.80 bits per heavy atom. The molecule has 1 aromatic heterocycles. The summed E-state index contributed by atoms with van der Waals surface area (Å²) in [7, 11) is 0. The van der Waals surface area contributed by atoms with Gasteiger partial charge in [0.1, 0.15) is 0 Å². The van der Waals surface area contributed by atoms with Crippen LogP contribution in [0.4, 0.5) is 0 Å². The first-order valence-electron chi connectivity index (χ1n) is 5.12. The molecule has 0 atom stereocenters. The summed E-state index contributed by atoms with van der Waals surface area (Å²) in [6.45, 7) is 1.48. The van der Waals surface area contributed by atoms with E-state index in [1.54, 1.807) is 0 Å². The van der Waals surface area contributed by atoms with E-state index in [1.165, 1.54) is 11.5 Å². The highest BCUT2D eigenvalue weighted by Crippen LogP contribution is 2.16. The molecule has 0 aliphatic carbocycles. The molecule has 0 aliphatic heterocycles. The van der Waals surface area contributed by atoms with Crippen molar-refractivity contribution < 1.29 is 0 Å². The van der Waals surface area contributed by atoms with Gasteiger partial charge in [-0.25, -0.2) is 0 Å². The van der Waals surface area contributed by atoms with Crippen molar-refractivity contribution in [2.75, 3.05) is 6.54 Å². The van der Waals surface area contributed by atoms with Crippen LogP contribution >= 0.6 is 11.5 Å². The molecule has 1 aromatic carbocycles. The summed E-state index contributed by atoms with van der Waals surface area (Å²) in [4.78, 5) is 11.9. The predicted octanol–water partition coefficient (Wildman–Crippen LogP) is 1.80. The van der Waals surface area contributed by atoms with Crippen molar-refractivity contribution in [1.82, 2.24) is 3.96 Å². The van der Waals surface area contributed by atoms with Crippen molar-refractivity contribution >= 4 is 21.6 Å². The standard InChI is InChI=1S/C11H14N2OS/c12-7-3-4-8-13-11(14)9-5-1-2-6-10(9)15-13/h1-2,5-6H,3-4,7-8,12H2. The molecule has 3 nitrogen and oxygen atoms in total. The van der Waals surface area contributed by atoms with Gasteiger partial charge in [-0.2, -0.15) is 0 Å². The zero-order valence-electron chi connectivity index (χ0n) is 8.48. The maximum atomic E-state index is 11.9. The molecule has 15 heavy (non-hydrogen) atoms. The number of fused-ring (bicyclic) bond motifs is 1. The average Bonchev–Trinajstić information content (AvgIpc) is 2.57. The number of benzene rings is 1. The zero-order chi connectivity index (χ0) is 10.7. The lowest BCUT2D eigenvalue weighted by molar-refractivity contribution is 0.639. The Morgan fingerprint density at radius 1 is 1.27 bits per heavy atom. The number of hydrogen-bond acceptors (Lipinski definition) is 3. The second kappa shape index (κ2) is 4.59. The van der Waals surface area contributed by atoms with Crippen molar-refractivity contribution in [1.29, 1.82) is 0 Å². The normalized spacial score (nSPS) is 11.0. The molecule has 0 saturated heterocycles. The Hall–Kier alpha value is -1.13. The number of aromatic nitrogens is 1. The fraction of sp³-hybridized carbons (Fsp3) is 0.364. The summed E-state index contributed by atoms with van der Waals surface area (Å²) in [5.74, 6) is 0. The Labute approximate surface area is 92.3 Å². The highest BCUT2D eigenvalue weighted by Gasteiger charge is 2.05. The smallest absolute Gasteiger partial charge is 0.268 e. The molecular formula is C11H14N2OS. The number of hydrogen-bond donors (Lipinski definition) is 1. The van der Waals surface area contributed by atoms with Crippen LogP contribution in [0.3, 0.4) is 0 Å². The van der Waals surface area contributed by atoms with Crippen LogP contribution in [0.15, 0.2) is 29.1 Å². The first kappa shape index (κ1) is 10.4. The molecule has 0 saturated carbocycles. The van der Waals surface area contributed by atoms with Gasteiger partial charge in [-0.05, 0) is 31.5 Å². The van der Waals surface area contributed by atoms with Gasteiger partial charge in [-0.1, -0.05) is 23.7 Å². The minimum absolute atomic E-state index is 0.132. The second-order valence-electron chi connectivity index (χ2n) is 3.49. The molecule has 2 aromatic rings. The summed E-state index contributed by atoms with van der Waals surface area (Å²) >= 11 is 1.54. The molecule has 0 aliphatic rings. The molecule has 0 radical (unpaired) electrons. The third kappa shape index (κ3) is 2.11. The van der Waals surface area contributed by atoms with Gasteiger partial charge in [-0.15, -0.1) is 0 Å². The van der Waals surface area contributed by atoms with Gasteiger partial charge in [0, 0.05) is 6.54 Å². The van der Waals surface area contributed by atoms with Gasteiger partial charge in [-0.3, -0.25) is 8.75 Å². The maximum Gasteiger partial charge on any atom is 0.268 e. The molecule has 0 unspecified atom stereocenters. The second-order valence-corrected chi connectivity index (χ2v) is 4.55. The average molecular weight is 222 g/mol. The van der Waals surface area contributed by atoms with Crippen LogP contribution in [0.5, 0.6) is 0 Å². The molecule has 1 heterocycles. The SMILES string of the molecule is NCCCCn1sc2ccccc2c1=O. The summed E-state index contributed by atoms with van der Waals surface area (Å²) in [5, 5.41) is 0.829. The molecule has 0 fully saturated rings. The Kier molecular flexibility index (Phi) is 3.18. The van der Waals surface area contributed by atoms with Gasteiger partial charge < -0.3 is 5.73 Å². The van der Waals surface area contributed by atoms with Gasteiger partial charge >= 0.3 is 0 Å². The monoisotopic (exact) mass is 222 g/mol. The van der Waals surface area contributed by atoms with Gasteiger partial charge in [0.05, 0.1) is 10.1 Å². The van der Waals surface area contributed by atoms with Crippen LogP contribution in [0, 0.1) is 0 Å². The van der Waals surface area contributed by atoms with E-state index >= 15 is 0 Å². The summed E-state index contributed by atoms with van der Waals surface area (Å²) in [6.07, 6.45) is 1.95. The minimum atomic E-state index is 0.132. The number of nitrogens with zero attached hydrogens (tertiary/aromatic N) is 1. The van der Waals surface area contributed by atoms with E-state index in [9.17, 15) is 4.79 Å². The fourth-order valence-corrected chi connectivity index (χ4v) is 2.60. The summed E-state index contributed by atoms with van der Waals surface area (Å²) in [5.41, 5.74) is 5.55. The van der Waals surface area contributed by atoms with E-state index in [4.69, 9.17) is 5.73 Å². The molecular weight excluding hydrogens is 208 g/mol. The lowest BCUT2D eigenvalue weighted by Gasteiger charge is -1.97. The molecule has 0 bridgehead atoms. The highest BCUT2D eigenvalue weighted by molar-refractivity contribution is 7.13. The molecule has 0 spiro atoms. The fourth-order valence-electron chi connectivity index (χ4n) is 1.56. The third-order valence-corrected chi connectivity index (χ3v) is 3.49. The first-order valence-corrected chi connectivity index (χ1v) is 5.89. The van der Waals surface area contributed by atoms with E-state index in [1.807, 2.05) is 28.2 Å². The van der Waals surface area contributed by atoms with Crippen molar-refractivity contribution in [3.63, 3.8) is 0 Å².